The first-order valence-electron chi connectivity index (χ1n) is 7.99. The van der Waals surface area contributed by atoms with E-state index in [-0.39, 0.29) is 10.6 Å². The number of nitrogens with one attached hydrogen (secondary N) is 1. The monoisotopic (exact) mass is 296 g/mol. The molecule has 0 fully saturated rings. The number of hydrogen-bond acceptors (Lipinski definition) is 4. The van der Waals surface area contributed by atoms with E-state index in [0.29, 0.717) is 11.5 Å². The molecule has 0 unspecified atom stereocenters. The Bertz CT molecular complexity index is 443. The van der Waals surface area contributed by atoms with Gasteiger partial charge in [0.1, 0.15) is 5.69 Å². The molecule has 1 rings (SSSR count). The highest BCUT2D eigenvalue weighted by atomic mass is 16.6. The molecule has 120 valence electrons. The van der Waals surface area contributed by atoms with Crippen molar-refractivity contribution >= 4 is 11.5 Å². The van der Waals surface area contributed by atoms with E-state index in [4.69, 9.17) is 0 Å². The lowest BCUT2D eigenvalue weighted by Crippen LogP contribution is -2.08. The van der Waals surface area contributed by atoms with Crippen molar-refractivity contribution < 1.29 is 4.92 Å². The summed E-state index contributed by atoms with van der Waals surface area (Å²) >= 11 is 0. The number of anilines is 1. The molecule has 6 heteroatoms. The molecule has 0 spiro atoms. The lowest BCUT2D eigenvalue weighted by atomic mass is 10.1. The highest BCUT2D eigenvalue weighted by Crippen LogP contribution is 2.27. The van der Waals surface area contributed by atoms with Crippen molar-refractivity contribution in [3.05, 3.63) is 15.8 Å². The summed E-state index contributed by atoms with van der Waals surface area (Å²) in [7, 11) is 1.73. The first-order valence-corrected chi connectivity index (χ1v) is 7.99. The third-order valence-corrected chi connectivity index (χ3v) is 3.70. The van der Waals surface area contributed by atoms with Gasteiger partial charge < -0.3 is 5.32 Å². The molecule has 0 saturated heterocycles. The molecule has 6 nitrogen and oxygen atoms in total. The SMILES string of the molecule is CCCCCCCCCCNc1c([N+](=O)[O-])c(C)nn1C. The summed E-state index contributed by atoms with van der Waals surface area (Å²) in [5.41, 5.74) is 0.554. The number of rotatable bonds is 11. The second-order valence-corrected chi connectivity index (χ2v) is 5.56. The molecule has 0 radical (unpaired) electrons. The normalized spacial score (nSPS) is 10.8. The molecule has 1 aromatic heterocycles. The van der Waals surface area contributed by atoms with Crippen LogP contribution in [0.15, 0.2) is 0 Å². The Labute approximate surface area is 127 Å². The fourth-order valence-corrected chi connectivity index (χ4v) is 2.53. The smallest absolute Gasteiger partial charge is 0.333 e. The van der Waals surface area contributed by atoms with Gasteiger partial charge in [0, 0.05) is 13.6 Å². The molecule has 0 bridgehead atoms. The number of nitrogens with zero attached hydrogens (tertiary/aromatic N) is 3. The number of unbranched alkanes of at least 4 members (excludes halogenated alkanes) is 7. The summed E-state index contributed by atoms with van der Waals surface area (Å²) in [6.07, 6.45) is 10.0. The van der Waals surface area contributed by atoms with Crippen LogP contribution >= 0.6 is 0 Å². The molecule has 21 heavy (non-hydrogen) atoms. The minimum Gasteiger partial charge on any atom is -0.365 e. The third-order valence-electron chi connectivity index (χ3n) is 3.70. The first kappa shape index (κ1) is 17.5. The van der Waals surface area contributed by atoms with Gasteiger partial charge in [-0.25, -0.2) is 4.68 Å². The molecule has 0 saturated carbocycles. The van der Waals surface area contributed by atoms with Crippen LogP contribution in [0.5, 0.6) is 0 Å². The minimum atomic E-state index is -0.363. The fraction of sp³-hybridized carbons (Fsp3) is 0.800. The number of aromatic nitrogens is 2. The van der Waals surface area contributed by atoms with E-state index in [1.54, 1.807) is 18.7 Å². The summed E-state index contributed by atoms with van der Waals surface area (Å²) in [5, 5.41) is 18.3. The van der Waals surface area contributed by atoms with Gasteiger partial charge in [0.2, 0.25) is 5.82 Å². The summed E-state index contributed by atoms with van der Waals surface area (Å²) in [6.45, 7) is 4.65. The van der Waals surface area contributed by atoms with Crippen LogP contribution in [-0.2, 0) is 7.05 Å². The van der Waals surface area contributed by atoms with Crippen LogP contribution in [-0.4, -0.2) is 21.2 Å². The molecule has 0 amide bonds. The second kappa shape index (κ2) is 9.37. The van der Waals surface area contributed by atoms with Crippen molar-refractivity contribution in [1.82, 2.24) is 9.78 Å². The van der Waals surface area contributed by atoms with E-state index in [0.717, 1.165) is 13.0 Å². The average Bonchev–Trinajstić information content (AvgIpc) is 2.71. The predicted molar refractivity (Wildman–Crippen MR) is 85.7 cm³/mol. The average molecular weight is 296 g/mol. The highest BCUT2D eigenvalue weighted by molar-refractivity contribution is 5.59. The largest absolute Gasteiger partial charge is 0.365 e. The Morgan fingerprint density at radius 2 is 1.71 bits per heavy atom. The van der Waals surface area contributed by atoms with E-state index in [1.165, 1.54) is 44.9 Å². The Balaban J connectivity index is 2.23. The lowest BCUT2D eigenvalue weighted by molar-refractivity contribution is -0.384. The van der Waals surface area contributed by atoms with Gasteiger partial charge in [0.15, 0.2) is 0 Å². The third kappa shape index (κ3) is 5.73. The van der Waals surface area contributed by atoms with Gasteiger partial charge in [-0.15, -0.1) is 0 Å². The zero-order chi connectivity index (χ0) is 15.7. The van der Waals surface area contributed by atoms with E-state index in [2.05, 4.69) is 17.3 Å². The Morgan fingerprint density at radius 1 is 1.14 bits per heavy atom. The summed E-state index contributed by atoms with van der Waals surface area (Å²) in [4.78, 5) is 10.7. The summed E-state index contributed by atoms with van der Waals surface area (Å²) in [6, 6.07) is 0. The van der Waals surface area contributed by atoms with Crippen molar-refractivity contribution in [2.45, 2.75) is 65.2 Å². The zero-order valence-electron chi connectivity index (χ0n) is 13.5. The molecule has 0 aliphatic rings. The Hall–Kier alpha value is -1.59. The van der Waals surface area contributed by atoms with Crippen LogP contribution in [0.4, 0.5) is 11.5 Å². The van der Waals surface area contributed by atoms with Crippen molar-refractivity contribution in [3.8, 4) is 0 Å². The topological polar surface area (TPSA) is 73.0 Å². The molecule has 0 aliphatic heterocycles. The van der Waals surface area contributed by atoms with Gasteiger partial charge in [0.05, 0.1) is 4.92 Å². The van der Waals surface area contributed by atoms with Crippen molar-refractivity contribution in [2.75, 3.05) is 11.9 Å². The Kier molecular flexibility index (Phi) is 7.79. The zero-order valence-corrected chi connectivity index (χ0v) is 13.5. The standard InChI is InChI=1S/C15H28N4O2/c1-4-5-6-7-8-9-10-11-12-16-15-14(19(20)21)13(2)17-18(15)3/h16H,4-12H2,1-3H3. The molecule has 1 N–H and O–H groups in total. The van der Waals surface area contributed by atoms with Crippen molar-refractivity contribution in [1.29, 1.82) is 0 Å². The van der Waals surface area contributed by atoms with Gasteiger partial charge in [-0.1, -0.05) is 51.9 Å². The molecule has 1 heterocycles. The quantitative estimate of drug-likeness (QED) is 0.377. The van der Waals surface area contributed by atoms with E-state index < -0.39 is 0 Å². The predicted octanol–water partition coefficient (Wildman–Crippen LogP) is 4.19. The molecular weight excluding hydrogens is 268 g/mol. The van der Waals surface area contributed by atoms with Gasteiger partial charge in [-0.2, -0.15) is 5.10 Å². The second-order valence-electron chi connectivity index (χ2n) is 5.56. The maximum Gasteiger partial charge on any atom is 0.333 e. The van der Waals surface area contributed by atoms with E-state index in [9.17, 15) is 10.1 Å². The van der Waals surface area contributed by atoms with E-state index >= 15 is 0 Å². The van der Waals surface area contributed by atoms with E-state index in [1.807, 2.05) is 0 Å². The van der Waals surface area contributed by atoms with Crippen molar-refractivity contribution in [3.63, 3.8) is 0 Å². The van der Waals surface area contributed by atoms with Crippen LogP contribution < -0.4 is 5.32 Å². The number of nitro groups is 1. The molecule has 1 aromatic rings. The summed E-state index contributed by atoms with van der Waals surface area (Å²) < 4.78 is 1.55. The van der Waals surface area contributed by atoms with Crippen LogP contribution in [0.25, 0.3) is 0 Å². The van der Waals surface area contributed by atoms with Gasteiger partial charge in [0.25, 0.3) is 0 Å². The maximum atomic E-state index is 11.0. The van der Waals surface area contributed by atoms with Crippen LogP contribution in [0.1, 0.15) is 64.0 Å². The minimum absolute atomic E-state index is 0.0945. The maximum absolute atomic E-state index is 11.0. The highest BCUT2D eigenvalue weighted by Gasteiger charge is 2.23. The van der Waals surface area contributed by atoms with Gasteiger partial charge in [-0.3, -0.25) is 10.1 Å². The van der Waals surface area contributed by atoms with Gasteiger partial charge >= 0.3 is 5.69 Å². The first-order chi connectivity index (χ1) is 10.1. The Morgan fingerprint density at radius 3 is 2.29 bits per heavy atom. The molecule has 0 aliphatic carbocycles. The number of hydrogen-bond donors (Lipinski definition) is 1. The van der Waals surface area contributed by atoms with Crippen LogP contribution in [0.3, 0.4) is 0 Å². The molecule has 0 atom stereocenters. The summed E-state index contributed by atoms with van der Waals surface area (Å²) in [5.74, 6) is 0.514. The molecule has 0 aromatic carbocycles. The van der Waals surface area contributed by atoms with Gasteiger partial charge in [-0.05, 0) is 13.3 Å². The molecular formula is C15H28N4O2. The lowest BCUT2D eigenvalue weighted by Gasteiger charge is -2.06. The fourth-order valence-electron chi connectivity index (χ4n) is 2.53. The van der Waals surface area contributed by atoms with Crippen LogP contribution in [0, 0.1) is 17.0 Å². The number of aryl methyl sites for hydroxylation is 2. The van der Waals surface area contributed by atoms with Crippen LogP contribution in [0.2, 0.25) is 0 Å². The van der Waals surface area contributed by atoms with Crippen molar-refractivity contribution in [2.24, 2.45) is 7.05 Å².